The third kappa shape index (κ3) is 4.14. The number of esters is 1. The van der Waals surface area contributed by atoms with Crippen molar-refractivity contribution in [2.45, 2.75) is 45.2 Å². The van der Waals surface area contributed by atoms with E-state index in [0.29, 0.717) is 24.3 Å². The van der Waals surface area contributed by atoms with E-state index in [4.69, 9.17) is 16.3 Å². The van der Waals surface area contributed by atoms with Crippen molar-refractivity contribution in [3.05, 3.63) is 61.8 Å². The molecule has 0 unspecified atom stereocenters. The van der Waals surface area contributed by atoms with Gasteiger partial charge in [-0.25, -0.2) is 4.79 Å². The Labute approximate surface area is 167 Å². The summed E-state index contributed by atoms with van der Waals surface area (Å²) in [5.41, 5.74) is -0.322. The Bertz CT molecular complexity index is 981. The number of halogens is 1. The number of hydrogen-bond donors (Lipinski definition) is 1. The number of benzene rings is 1. The van der Waals surface area contributed by atoms with Crippen LogP contribution in [0, 0.1) is 5.92 Å². The first-order valence-corrected chi connectivity index (χ1v) is 9.76. The van der Waals surface area contributed by atoms with Crippen LogP contribution in [0.4, 0.5) is 0 Å². The molecule has 0 aliphatic heterocycles. The number of ether oxygens (including phenoxy) is 1. The molecule has 1 saturated carbocycles. The molecule has 1 aliphatic carbocycles. The minimum Gasteiger partial charge on any atom is -0.494 e. The predicted molar refractivity (Wildman–Crippen MR) is 105 cm³/mol. The van der Waals surface area contributed by atoms with Gasteiger partial charge in [-0.15, -0.1) is 0 Å². The highest BCUT2D eigenvalue weighted by Crippen LogP contribution is 2.35. The second-order valence-corrected chi connectivity index (χ2v) is 7.32. The highest BCUT2D eigenvalue weighted by molar-refractivity contribution is 6.30. The minimum atomic E-state index is -0.617. The summed E-state index contributed by atoms with van der Waals surface area (Å²) in [4.78, 5) is 37.7. The third-order valence-corrected chi connectivity index (χ3v) is 5.35. The van der Waals surface area contributed by atoms with E-state index in [1.165, 1.54) is 0 Å². The van der Waals surface area contributed by atoms with Gasteiger partial charge in [-0.2, -0.15) is 0 Å². The van der Waals surface area contributed by atoms with Crippen LogP contribution in [0.25, 0.3) is 0 Å². The van der Waals surface area contributed by atoms with Crippen LogP contribution in [0.1, 0.15) is 37.8 Å². The Hall–Kier alpha value is -2.54. The van der Waals surface area contributed by atoms with Crippen LogP contribution in [-0.2, 0) is 22.5 Å². The molecule has 0 radical (unpaired) electrons. The van der Waals surface area contributed by atoms with Gasteiger partial charge >= 0.3 is 11.7 Å². The van der Waals surface area contributed by atoms with Gasteiger partial charge in [0.2, 0.25) is 5.88 Å². The molecule has 3 rings (SSSR count). The van der Waals surface area contributed by atoms with Crippen LogP contribution in [0.15, 0.2) is 39.9 Å². The summed E-state index contributed by atoms with van der Waals surface area (Å²) in [6, 6.07) is 7.69. The Morgan fingerprint density at radius 2 is 2.07 bits per heavy atom. The molecule has 150 valence electrons. The standard InChI is InChI=1S/C20H23ClN2O5/c1-2-28-19(26)15-7-4-8-16(15)23-18(25)12-17(24)22(20(23)27)10-9-13-5-3-6-14(21)11-13/h3,5-6,11-12,15-16,24H,2,4,7-10H2,1H3/t15-,16+/m1/s1. The molecule has 1 aromatic carbocycles. The lowest BCUT2D eigenvalue weighted by atomic mass is 10.0. The van der Waals surface area contributed by atoms with Crippen molar-refractivity contribution in [1.82, 2.24) is 9.13 Å². The molecule has 0 saturated heterocycles. The number of hydrogen-bond acceptors (Lipinski definition) is 5. The van der Waals surface area contributed by atoms with E-state index in [-0.39, 0.29) is 19.0 Å². The average Bonchev–Trinajstić information content (AvgIpc) is 3.11. The Balaban J connectivity index is 1.92. The van der Waals surface area contributed by atoms with E-state index in [1.54, 1.807) is 19.1 Å². The van der Waals surface area contributed by atoms with Crippen molar-refractivity contribution < 1.29 is 14.6 Å². The smallest absolute Gasteiger partial charge is 0.334 e. The molecule has 1 aliphatic rings. The third-order valence-electron chi connectivity index (χ3n) is 5.12. The molecule has 1 aromatic heterocycles. The van der Waals surface area contributed by atoms with E-state index in [0.717, 1.165) is 27.2 Å². The lowest BCUT2D eigenvalue weighted by Gasteiger charge is -2.21. The van der Waals surface area contributed by atoms with Crippen LogP contribution >= 0.6 is 11.6 Å². The first-order valence-electron chi connectivity index (χ1n) is 9.38. The number of carbonyl (C=O) groups is 1. The summed E-state index contributed by atoms with van der Waals surface area (Å²) < 4.78 is 7.35. The fourth-order valence-electron chi connectivity index (χ4n) is 3.80. The lowest BCUT2D eigenvalue weighted by molar-refractivity contribution is -0.149. The molecular weight excluding hydrogens is 384 g/mol. The highest BCUT2D eigenvalue weighted by atomic mass is 35.5. The largest absolute Gasteiger partial charge is 0.494 e. The molecule has 28 heavy (non-hydrogen) atoms. The van der Waals surface area contributed by atoms with Crippen LogP contribution < -0.4 is 11.2 Å². The maximum Gasteiger partial charge on any atom is 0.334 e. The first kappa shape index (κ1) is 20.2. The first-order chi connectivity index (χ1) is 13.4. The zero-order valence-electron chi connectivity index (χ0n) is 15.6. The summed E-state index contributed by atoms with van der Waals surface area (Å²) in [5.74, 6) is -1.31. The number of nitrogens with zero attached hydrogens (tertiary/aromatic N) is 2. The predicted octanol–water partition coefficient (Wildman–Crippen LogP) is 2.52. The van der Waals surface area contributed by atoms with Crippen LogP contribution in [0.2, 0.25) is 5.02 Å². The Morgan fingerprint density at radius 3 is 2.79 bits per heavy atom. The SMILES string of the molecule is CCOC(=O)[C@@H]1CCC[C@@H]1n1c(=O)cc(O)n(CCc2cccc(Cl)c2)c1=O. The van der Waals surface area contributed by atoms with Crippen molar-refractivity contribution >= 4 is 17.6 Å². The highest BCUT2D eigenvalue weighted by Gasteiger charge is 2.37. The Kier molecular flexibility index (Phi) is 6.24. The molecule has 2 atom stereocenters. The van der Waals surface area contributed by atoms with Crippen molar-refractivity contribution in [3.8, 4) is 5.88 Å². The van der Waals surface area contributed by atoms with Gasteiger partial charge in [0.05, 0.1) is 24.6 Å². The fraction of sp³-hybridized carbons (Fsp3) is 0.450. The second-order valence-electron chi connectivity index (χ2n) is 6.88. The second kappa shape index (κ2) is 8.65. The van der Waals surface area contributed by atoms with Crippen molar-refractivity contribution in [2.24, 2.45) is 5.92 Å². The maximum absolute atomic E-state index is 13.0. The fourth-order valence-corrected chi connectivity index (χ4v) is 4.02. The van der Waals surface area contributed by atoms with E-state index >= 15 is 0 Å². The topological polar surface area (TPSA) is 90.5 Å². The van der Waals surface area contributed by atoms with E-state index in [2.05, 4.69) is 0 Å². The zero-order chi connectivity index (χ0) is 20.3. The van der Waals surface area contributed by atoms with Gasteiger partial charge in [-0.3, -0.25) is 18.7 Å². The number of carbonyl (C=O) groups excluding carboxylic acids is 1. The van der Waals surface area contributed by atoms with Gasteiger partial charge in [0.1, 0.15) is 0 Å². The number of rotatable bonds is 6. The number of aromatic hydroxyl groups is 1. The molecule has 1 N–H and O–H groups in total. The number of aryl methyl sites for hydroxylation is 1. The quantitative estimate of drug-likeness (QED) is 0.744. The van der Waals surface area contributed by atoms with E-state index in [9.17, 15) is 19.5 Å². The van der Waals surface area contributed by atoms with Gasteiger partial charge in [0, 0.05) is 11.6 Å². The molecule has 0 spiro atoms. The summed E-state index contributed by atoms with van der Waals surface area (Å²) in [6.07, 6.45) is 2.29. The molecular formula is C20H23ClN2O5. The van der Waals surface area contributed by atoms with Gasteiger partial charge in [-0.1, -0.05) is 30.2 Å². The van der Waals surface area contributed by atoms with Crippen molar-refractivity contribution in [3.63, 3.8) is 0 Å². The summed E-state index contributed by atoms with van der Waals surface area (Å²) >= 11 is 5.99. The molecule has 1 heterocycles. The molecule has 7 nitrogen and oxygen atoms in total. The van der Waals surface area contributed by atoms with Gasteiger partial charge in [-0.05, 0) is 43.9 Å². The summed E-state index contributed by atoms with van der Waals surface area (Å²) in [5, 5.41) is 10.7. The minimum absolute atomic E-state index is 0.183. The van der Waals surface area contributed by atoms with E-state index < -0.39 is 29.2 Å². The average molecular weight is 407 g/mol. The van der Waals surface area contributed by atoms with E-state index in [1.807, 2.05) is 12.1 Å². The molecule has 1 fully saturated rings. The molecule has 0 bridgehead atoms. The van der Waals surface area contributed by atoms with Crippen molar-refractivity contribution in [2.75, 3.05) is 6.61 Å². The monoisotopic (exact) mass is 406 g/mol. The molecule has 8 heteroatoms. The zero-order valence-corrected chi connectivity index (χ0v) is 16.4. The number of aromatic nitrogens is 2. The van der Waals surface area contributed by atoms with Crippen LogP contribution in [0.5, 0.6) is 5.88 Å². The van der Waals surface area contributed by atoms with Crippen LogP contribution in [0.3, 0.4) is 0 Å². The van der Waals surface area contributed by atoms with Gasteiger partial charge in [0.15, 0.2) is 0 Å². The molecule has 0 amide bonds. The Morgan fingerprint density at radius 1 is 1.29 bits per heavy atom. The summed E-state index contributed by atoms with van der Waals surface area (Å²) in [7, 11) is 0. The van der Waals surface area contributed by atoms with Crippen LogP contribution in [-0.4, -0.2) is 26.8 Å². The summed E-state index contributed by atoms with van der Waals surface area (Å²) in [6.45, 7) is 2.15. The normalized spacial score (nSPS) is 18.9. The van der Waals surface area contributed by atoms with Gasteiger partial charge < -0.3 is 9.84 Å². The van der Waals surface area contributed by atoms with Crippen molar-refractivity contribution in [1.29, 1.82) is 0 Å². The maximum atomic E-state index is 13.0. The molecule has 2 aromatic rings. The van der Waals surface area contributed by atoms with Gasteiger partial charge in [0.25, 0.3) is 5.56 Å². The lowest BCUT2D eigenvalue weighted by Crippen LogP contribution is -2.44.